The van der Waals surface area contributed by atoms with Crippen molar-refractivity contribution in [3.63, 3.8) is 0 Å². The largest absolute Gasteiger partial charge is 0.488 e. The molecule has 0 aliphatic heterocycles. The van der Waals surface area contributed by atoms with Crippen LogP contribution in [0.4, 0.5) is 0 Å². The van der Waals surface area contributed by atoms with E-state index in [-0.39, 0.29) is 5.41 Å². The monoisotopic (exact) mass is 286 g/mol. The first-order valence-electron chi connectivity index (χ1n) is 6.86. The summed E-state index contributed by atoms with van der Waals surface area (Å²) in [6.07, 6.45) is 2.09. The maximum Gasteiger partial charge on any atom is 0.133 e. The second kappa shape index (κ2) is 6.36. The summed E-state index contributed by atoms with van der Waals surface area (Å²) >= 11 is 1.74. The lowest BCUT2D eigenvalue weighted by molar-refractivity contribution is 0.298. The second-order valence-corrected chi connectivity index (χ2v) is 6.74. The van der Waals surface area contributed by atoms with Gasteiger partial charge < -0.3 is 4.74 Å². The third kappa shape index (κ3) is 3.80. The number of ether oxygens (including phenoxy) is 1. The van der Waals surface area contributed by atoms with Crippen LogP contribution in [0.15, 0.2) is 53.4 Å². The van der Waals surface area contributed by atoms with Gasteiger partial charge in [0.2, 0.25) is 0 Å². The van der Waals surface area contributed by atoms with E-state index in [4.69, 9.17) is 4.74 Å². The Morgan fingerprint density at radius 2 is 1.70 bits per heavy atom. The number of benzene rings is 2. The van der Waals surface area contributed by atoms with E-state index in [1.807, 2.05) is 18.2 Å². The molecule has 2 heteroatoms. The molecule has 0 aliphatic carbocycles. The Hall–Kier alpha value is -1.41. The molecular weight excluding hydrogens is 264 g/mol. The molecule has 0 aromatic heterocycles. The molecule has 0 heterocycles. The van der Waals surface area contributed by atoms with Crippen LogP contribution in [0.1, 0.15) is 31.9 Å². The van der Waals surface area contributed by atoms with Crippen molar-refractivity contribution in [1.82, 2.24) is 0 Å². The normalized spacial score (nSPS) is 11.4. The molecule has 0 N–H and O–H groups in total. The summed E-state index contributed by atoms with van der Waals surface area (Å²) in [5, 5.41) is 0. The average molecular weight is 286 g/mol. The van der Waals surface area contributed by atoms with Crippen LogP contribution in [-0.4, -0.2) is 6.26 Å². The third-order valence-electron chi connectivity index (χ3n) is 3.27. The topological polar surface area (TPSA) is 9.23 Å². The molecule has 2 aromatic carbocycles. The highest BCUT2D eigenvalue weighted by atomic mass is 32.2. The summed E-state index contributed by atoms with van der Waals surface area (Å²) in [5.74, 6) is 0.967. The molecule has 106 valence electrons. The molecule has 2 rings (SSSR count). The molecule has 0 bridgehead atoms. The molecule has 0 saturated heterocycles. The van der Waals surface area contributed by atoms with Crippen LogP contribution in [-0.2, 0) is 12.0 Å². The molecule has 0 fully saturated rings. The van der Waals surface area contributed by atoms with E-state index in [2.05, 4.69) is 57.4 Å². The van der Waals surface area contributed by atoms with E-state index in [0.717, 1.165) is 5.75 Å². The molecule has 0 amide bonds. The Morgan fingerprint density at radius 1 is 1.00 bits per heavy atom. The van der Waals surface area contributed by atoms with Gasteiger partial charge >= 0.3 is 0 Å². The van der Waals surface area contributed by atoms with Crippen molar-refractivity contribution in [1.29, 1.82) is 0 Å². The van der Waals surface area contributed by atoms with E-state index < -0.39 is 0 Å². The van der Waals surface area contributed by atoms with E-state index in [0.29, 0.717) is 6.61 Å². The molecule has 20 heavy (non-hydrogen) atoms. The molecule has 0 unspecified atom stereocenters. The fourth-order valence-corrected chi connectivity index (χ4v) is 2.56. The van der Waals surface area contributed by atoms with Crippen LogP contribution in [0.3, 0.4) is 0 Å². The first-order chi connectivity index (χ1) is 9.50. The van der Waals surface area contributed by atoms with Gasteiger partial charge in [0.05, 0.1) is 0 Å². The smallest absolute Gasteiger partial charge is 0.133 e. The highest BCUT2D eigenvalue weighted by Crippen LogP contribution is 2.33. The Bertz CT molecular complexity index is 555. The van der Waals surface area contributed by atoms with Crippen LogP contribution in [0.5, 0.6) is 5.75 Å². The predicted molar refractivity (Wildman–Crippen MR) is 87.7 cm³/mol. The Labute approximate surface area is 126 Å². The first kappa shape index (κ1) is 15.0. The predicted octanol–water partition coefficient (Wildman–Crippen LogP) is 5.29. The zero-order valence-electron chi connectivity index (χ0n) is 12.6. The van der Waals surface area contributed by atoms with Crippen molar-refractivity contribution in [2.45, 2.75) is 37.7 Å². The second-order valence-electron chi connectivity index (χ2n) is 5.89. The number of hydrogen-bond donors (Lipinski definition) is 0. The van der Waals surface area contributed by atoms with Gasteiger partial charge in [0.1, 0.15) is 12.4 Å². The van der Waals surface area contributed by atoms with Gasteiger partial charge in [-0.2, -0.15) is 0 Å². The van der Waals surface area contributed by atoms with Gasteiger partial charge in [-0.25, -0.2) is 0 Å². The molecule has 0 spiro atoms. The molecule has 1 nitrogen and oxygen atoms in total. The average Bonchev–Trinajstić information content (AvgIpc) is 2.45. The number of hydrogen-bond acceptors (Lipinski definition) is 2. The van der Waals surface area contributed by atoms with Crippen molar-refractivity contribution in [2.24, 2.45) is 0 Å². The van der Waals surface area contributed by atoms with E-state index in [1.54, 1.807) is 11.8 Å². The summed E-state index contributed by atoms with van der Waals surface area (Å²) in [5.41, 5.74) is 2.70. The lowest BCUT2D eigenvalue weighted by atomic mass is 9.87. The zero-order chi connectivity index (χ0) is 14.6. The summed E-state index contributed by atoms with van der Waals surface area (Å²) in [4.78, 5) is 1.20. The van der Waals surface area contributed by atoms with Gasteiger partial charge in [-0.05, 0) is 34.9 Å². The van der Waals surface area contributed by atoms with Gasteiger partial charge in [0, 0.05) is 4.90 Å². The highest BCUT2D eigenvalue weighted by Gasteiger charge is 2.15. The molecule has 0 atom stereocenters. The van der Waals surface area contributed by atoms with Gasteiger partial charge in [-0.1, -0.05) is 57.2 Å². The lowest BCUT2D eigenvalue weighted by Crippen LogP contribution is -2.11. The zero-order valence-corrected chi connectivity index (χ0v) is 13.5. The summed E-state index contributed by atoms with van der Waals surface area (Å²) in [6.45, 7) is 7.31. The molecule has 0 aliphatic rings. The van der Waals surface area contributed by atoms with Crippen molar-refractivity contribution < 1.29 is 4.74 Å². The van der Waals surface area contributed by atoms with Crippen molar-refractivity contribution >= 4 is 11.8 Å². The minimum Gasteiger partial charge on any atom is -0.488 e. The van der Waals surface area contributed by atoms with Crippen LogP contribution in [0.25, 0.3) is 0 Å². The van der Waals surface area contributed by atoms with E-state index in [1.165, 1.54) is 16.0 Å². The van der Waals surface area contributed by atoms with Crippen molar-refractivity contribution in [3.05, 3.63) is 59.7 Å². The number of rotatable bonds is 4. The van der Waals surface area contributed by atoms with Crippen molar-refractivity contribution in [2.75, 3.05) is 6.26 Å². The van der Waals surface area contributed by atoms with Gasteiger partial charge in [0.25, 0.3) is 0 Å². The SMILES string of the molecule is CSc1cc(C(C)(C)C)ccc1OCc1ccccc1. The van der Waals surface area contributed by atoms with Crippen LogP contribution in [0.2, 0.25) is 0 Å². The van der Waals surface area contributed by atoms with Crippen LogP contribution in [0, 0.1) is 0 Å². The molecule has 0 saturated carbocycles. The van der Waals surface area contributed by atoms with Gasteiger partial charge in [-0.3, -0.25) is 0 Å². The number of thioether (sulfide) groups is 1. The maximum atomic E-state index is 5.96. The van der Waals surface area contributed by atoms with Gasteiger partial charge in [-0.15, -0.1) is 11.8 Å². The fourth-order valence-electron chi connectivity index (χ4n) is 1.99. The molecule has 0 radical (unpaired) electrons. The molecule has 2 aromatic rings. The van der Waals surface area contributed by atoms with Crippen molar-refractivity contribution in [3.8, 4) is 5.75 Å². The quantitative estimate of drug-likeness (QED) is 0.707. The summed E-state index contributed by atoms with van der Waals surface area (Å²) in [7, 11) is 0. The summed E-state index contributed by atoms with van der Waals surface area (Å²) < 4.78 is 5.96. The fraction of sp³-hybridized carbons (Fsp3) is 0.333. The minimum absolute atomic E-state index is 0.169. The lowest BCUT2D eigenvalue weighted by Gasteiger charge is -2.21. The standard InChI is InChI=1S/C18H22OS/c1-18(2,3)15-10-11-16(17(12-15)20-4)19-13-14-8-6-5-7-9-14/h5-12H,13H2,1-4H3. The van der Waals surface area contributed by atoms with Gasteiger partial charge in [0.15, 0.2) is 0 Å². The highest BCUT2D eigenvalue weighted by molar-refractivity contribution is 7.98. The minimum atomic E-state index is 0.169. The third-order valence-corrected chi connectivity index (χ3v) is 4.03. The Balaban J connectivity index is 2.16. The maximum absolute atomic E-state index is 5.96. The van der Waals surface area contributed by atoms with Crippen LogP contribution >= 0.6 is 11.8 Å². The molecular formula is C18H22OS. The van der Waals surface area contributed by atoms with E-state index in [9.17, 15) is 0 Å². The Kier molecular flexibility index (Phi) is 4.77. The van der Waals surface area contributed by atoms with E-state index >= 15 is 0 Å². The van der Waals surface area contributed by atoms with Crippen LogP contribution < -0.4 is 4.74 Å². The Morgan fingerprint density at radius 3 is 2.30 bits per heavy atom. The summed E-state index contributed by atoms with van der Waals surface area (Å²) in [6, 6.07) is 16.8. The first-order valence-corrected chi connectivity index (χ1v) is 8.08.